The van der Waals surface area contributed by atoms with Gasteiger partial charge in [0.2, 0.25) is 0 Å². The third-order valence-corrected chi connectivity index (χ3v) is 3.47. The summed E-state index contributed by atoms with van der Waals surface area (Å²) in [5.74, 6) is 1.72. The molecule has 0 aliphatic rings. The van der Waals surface area contributed by atoms with E-state index in [4.69, 9.17) is 4.74 Å². The van der Waals surface area contributed by atoms with Crippen molar-refractivity contribution in [1.29, 1.82) is 0 Å². The zero-order valence-corrected chi connectivity index (χ0v) is 13.9. The van der Waals surface area contributed by atoms with Gasteiger partial charge in [0, 0.05) is 30.9 Å². The lowest BCUT2D eigenvalue weighted by Crippen LogP contribution is -2.37. The van der Waals surface area contributed by atoms with Gasteiger partial charge in [-0.1, -0.05) is 19.8 Å². The van der Waals surface area contributed by atoms with Crippen LogP contribution in [0.2, 0.25) is 0 Å². The Morgan fingerprint density at radius 1 is 1.29 bits per heavy atom. The van der Waals surface area contributed by atoms with Gasteiger partial charge in [-0.2, -0.15) is 0 Å². The highest BCUT2D eigenvalue weighted by Crippen LogP contribution is 2.23. The number of pyridine rings is 1. The molecule has 0 aromatic carbocycles. The number of hydrogen-bond donors (Lipinski definition) is 2. The van der Waals surface area contributed by atoms with Crippen molar-refractivity contribution in [3.63, 3.8) is 0 Å². The Morgan fingerprint density at radius 2 is 2.05 bits per heavy atom. The molecule has 0 spiro atoms. The molecule has 0 aliphatic carbocycles. The Bertz CT molecular complexity index is 472. The summed E-state index contributed by atoms with van der Waals surface area (Å²) >= 11 is 0. The molecule has 0 saturated carbocycles. The minimum absolute atomic E-state index is 0.635. The SMILES string of the molecule is CCCCCNC(=NC)NCc1ncc(C)c(OC)c1C. The van der Waals surface area contributed by atoms with E-state index < -0.39 is 0 Å². The second kappa shape index (κ2) is 9.21. The normalized spacial score (nSPS) is 11.4. The standard InChI is InChI=1S/C16H28N4O/c1-6-7-8-9-18-16(17-4)20-11-14-13(3)15(21-5)12(2)10-19-14/h10H,6-9,11H2,1-5H3,(H2,17,18,20). The van der Waals surface area contributed by atoms with Crippen molar-refractivity contribution in [3.8, 4) is 5.75 Å². The molecule has 2 N–H and O–H groups in total. The molecule has 0 bridgehead atoms. The highest BCUT2D eigenvalue weighted by molar-refractivity contribution is 5.79. The first-order chi connectivity index (χ1) is 10.1. The molecule has 118 valence electrons. The van der Waals surface area contributed by atoms with E-state index in [1.54, 1.807) is 14.2 Å². The maximum Gasteiger partial charge on any atom is 0.191 e. The van der Waals surface area contributed by atoms with Crippen LogP contribution in [0.5, 0.6) is 5.75 Å². The molecule has 0 saturated heterocycles. The van der Waals surface area contributed by atoms with Gasteiger partial charge in [0.25, 0.3) is 0 Å². The predicted octanol–water partition coefficient (Wildman–Crippen LogP) is 2.56. The van der Waals surface area contributed by atoms with Gasteiger partial charge in [0.15, 0.2) is 5.96 Å². The lowest BCUT2D eigenvalue weighted by Gasteiger charge is -2.15. The number of aryl methyl sites for hydroxylation is 1. The van der Waals surface area contributed by atoms with Gasteiger partial charge < -0.3 is 15.4 Å². The minimum Gasteiger partial charge on any atom is -0.496 e. The highest BCUT2D eigenvalue weighted by atomic mass is 16.5. The van der Waals surface area contributed by atoms with Gasteiger partial charge in [-0.15, -0.1) is 0 Å². The lowest BCUT2D eigenvalue weighted by molar-refractivity contribution is 0.406. The van der Waals surface area contributed by atoms with Crippen LogP contribution in [-0.2, 0) is 6.54 Å². The quantitative estimate of drug-likeness (QED) is 0.461. The summed E-state index contributed by atoms with van der Waals surface area (Å²) in [5.41, 5.74) is 3.11. The van der Waals surface area contributed by atoms with E-state index in [1.165, 1.54) is 12.8 Å². The number of unbranched alkanes of at least 4 members (excludes halogenated alkanes) is 2. The number of methoxy groups -OCH3 is 1. The second-order valence-corrected chi connectivity index (χ2v) is 5.11. The molecular formula is C16H28N4O. The number of hydrogen-bond acceptors (Lipinski definition) is 3. The van der Waals surface area contributed by atoms with Crippen LogP contribution < -0.4 is 15.4 Å². The van der Waals surface area contributed by atoms with Gasteiger partial charge in [0.05, 0.1) is 19.3 Å². The average molecular weight is 292 g/mol. The van der Waals surface area contributed by atoms with Gasteiger partial charge in [0.1, 0.15) is 5.75 Å². The Hall–Kier alpha value is -1.78. The fraction of sp³-hybridized carbons (Fsp3) is 0.625. The van der Waals surface area contributed by atoms with Crippen LogP contribution in [0.4, 0.5) is 0 Å². The first-order valence-electron chi connectivity index (χ1n) is 7.57. The summed E-state index contributed by atoms with van der Waals surface area (Å²) < 4.78 is 5.43. The number of guanidine groups is 1. The third kappa shape index (κ3) is 5.25. The number of aromatic nitrogens is 1. The van der Waals surface area contributed by atoms with Crippen molar-refractivity contribution >= 4 is 5.96 Å². The number of nitrogens with zero attached hydrogens (tertiary/aromatic N) is 2. The Balaban J connectivity index is 2.57. The number of aliphatic imine (C=N–C) groups is 1. The van der Waals surface area contributed by atoms with E-state index >= 15 is 0 Å². The second-order valence-electron chi connectivity index (χ2n) is 5.11. The molecule has 1 heterocycles. The fourth-order valence-corrected chi connectivity index (χ4v) is 2.22. The molecule has 0 amide bonds. The van der Waals surface area contributed by atoms with Crippen molar-refractivity contribution in [3.05, 3.63) is 23.0 Å². The van der Waals surface area contributed by atoms with Crippen LogP contribution >= 0.6 is 0 Å². The van der Waals surface area contributed by atoms with Crippen molar-refractivity contribution in [2.24, 2.45) is 4.99 Å². The monoisotopic (exact) mass is 292 g/mol. The molecule has 1 rings (SSSR count). The number of ether oxygens (including phenoxy) is 1. The van der Waals surface area contributed by atoms with Gasteiger partial charge in [-0.3, -0.25) is 9.98 Å². The van der Waals surface area contributed by atoms with Crippen LogP contribution in [0.3, 0.4) is 0 Å². The van der Waals surface area contributed by atoms with Gasteiger partial charge in [-0.25, -0.2) is 0 Å². The molecule has 0 aliphatic heterocycles. The van der Waals surface area contributed by atoms with E-state index in [1.807, 2.05) is 20.0 Å². The van der Waals surface area contributed by atoms with Crippen molar-refractivity contribution in [2.75, 3.05) is 20.7 Å². The molecule has 21 heavy (non-hydrogen) atoms. The van der Waals surface area contributed by atoms with Crippen LogP contribution in [0.15, 0.2) is 11.2 Å². The minimum atomic E-state index is 0.635. The Morgan fingerprint density at radius 3 is 2.67 bits per heavy atom. The van der Waals surface area contributed by atoms with Crippen LogP contribution in [0.25, 0.3) is 0 Å². The van der Waals surface area contributed by atoms with E-state index in [0.717, 1.165) is 41.5 Å². The van der Waals surface area contributed by atoms with Crippen molar-refractivity contribution < 1.29 is 4.74 Å². The number of rotatable bonds is 7. The van der Waals surface area contributed by atoms with E-state index in [-0.39, 0.29) is 0 Å². The summed E-state index contributed by atoms with van der Waals surface area (Å²) in [4.78, 5) is 8.70. The topological polar surface area (TPSA) is 58.5 Å². The Labute approximate surface area is 128 Å². The third-order valence-electron chi connectivity index (χ3n) is 3.47. The summed E-state index contributed by atoms with van der Waals surface area (Å²) in [7, 11) is 3.48. The first kappa shape index (κ1) is 17.3. The van der Waals surface area contributed by atoms with E-state index in [0.29, 0.717) is 6.54 Å². The van der Waals surface area contributed by atoms with Crippen molar-refractivity contribution in [2.45, 2.75) is 46.6 Å². The molecule has 0 atom stereocenters. The smallest absolute Gasteiger partial charge is 0.191 e. The molecule has 1 aromatic rings. The van der Waals surface area contributed by atoms with Gasteiger partial charge in [-0.05, 0) is 20.3 Å². The molecule has 0 unspecified atom stereocenters. The summed E-state index contributed by atoms with van der Waals surface area (Å²) in [6, 6.07) is 0. The van der Waals surface area contributed by atoms with Crippen LogP contribution in [0.1, 0.15) is 43.0 Å². The lowest BCUT2D eigenvalue weighted by atomic mass is 10.1. The number of nitrogens with one attached hydrogen (secondary N) is 2. The van der Waals surface area contributed by atoms with Crippen LogP contribution in [-0.4, -0.2) is 31.6 Å². The highest BCUT2D eigenvalue weighted by Gasteiger charge is 2.09. The molecule has 0 fully saturated rings. The largest absolute Gasteiger partial charge is 0.496 e. The molecule has 1 aromatic heterocycles. The van der Waals surface area contributed by atoms with E-state index in [2.05, 4.69) is 27.5 Å². The van der Waals surface area contributed by atoms with Crippen LogP contribution in [0, 0.1) is 13.8 Å². The molecular weight excluding hydrogens is 264 g/mol. The summed E-state index contributed by atoms with van der Waals surface area (Å²) in [6.45, 7) is 7.82. The zero-order chi connectivity index (χ0) is 15.7. The average Bonchev–Trinajstić information content (AvgIpc) is 2.49. The van der Waals surface area contributed by atoms with Crippen molar-refractivity contribution in [1.82, 2.24) is 15.6 Å². The molecule has 0 radical (unpaired) electrons. The molecule has 5 heteroatoms. The van der Waals surface area contributed by atoms with Gasteiger partial charge >= 0.3 is 0 Å². The molecule has 5 nitrogen and oxygen atoms in total. The van der Waals surface area contributed by atoms with E-state index in [9.17, 15) is 0 Å². The predicted molar refractivity (Wildman–Crippen MR) is 88.0 cm³/mol. The maximum absolute atomic E-state index is 5.43. The fourth-order valence-electron chi connectivity index (χ4n) is 2.22. The zero-order valence-electron chi connectivity index (χ0n) is 13.9. The maximum atomic E-state index is 5.43. The first-order valence-corrected chi connectivity index (χ1v) is 7.57. The Kier molecular flexibility index (Phi) is 7.58. The summed E-state index contributed by atoms with van der Waals surface area (Å²) in [5, 5.41) is 6.61. The summed E-state index contributed by atoms with van der Waals surface area (Å²) in [6.07, 6.45) is 5.47.